The third-order valence-electron chi connectivity index (χ3n) is 5.06. The molecule has 1 fully saturated rings. The van der Waals surface area contributed by atoms with E-state index in [9.17, 15) is 13.9 Å². The third kappa shape index (κ3) is 6.67. The van der Waals surface area contributed by atoms with E-state index >= 15 is 0 Å². The lowest BCUT2D eigenvalue weighted by molar-refractivity contribution is 0.186. The lowest BCUT2D eigenvalue weighted by atomic mass is 10.1. The summed E-state index contributed by atoms with van der Waals surface area (Å²) >= 11 is 0. The summed E-state index contributed by atoms with van der Waals surface area (Å²) < 4.78 is 32.8. The molecule has 0 saturated carbocycles. The van der Waals surface area contributed by atoms with Crippen molar-refractivity contribution in [3.63, 3.8) is 0 Å². The van der Waals surface area contributed by atoms with Crippen LogP contribution in [0.25, 0.3) is 0 Å². The average Bonchev–Trinajstić information content (AvgIpc) is 2.78. The first-order chi connectivity index (χ1) is 14.5. The minimum Gasteiger partial charge on any atom is -0.497 e. The maximum Gasteiger partial charge on any atom is 0.194 e. The van der Waals surface area contributed by atoms with Gasteiger partial charge in [-0.1, -0.05) is 12.1 Å². The zero-order valence-corrected chi connectivity index (χ0v) is 20.1. The zero-order valence-electron chi connectivity index (χ0n) is 17.7. The number of benzene rings is 2. The highest BCUT2D eigenvalue weighted by Crippen LogP contribution is 2.22. The highest BCUT2D eigenvalue weighted by Gasteiger charge is 2.22. The van der Waals surface area contributed by atoms with Crippen LogP contribution >= 0.6 is 24.0 Å². The number of nitrogens with zero attached hydrogens (tertiary/aromatic N) is 3. The van der Waals surface area contributed by atoms with Gasteiger partial charge in [0.1, 0.15) is 17.4 Å². The molecule has 9 heteroatoms. The van der Waals surface area contributed by atoms with Gasteiger partial charge in [-0.15, -0.1) is 24.0 Å². The molecule has 1 heterocycles. The van der Waals surface area contributed by atoms with E-state index in [1.807, 2.05) is 30.0 Å². The Balaban J connectivity index is 0.00000341. The largest absolute Gasteiger partial charge is 0.497 e. The molecule has 2 aromatic rings. The molecule has 1 unspecified atom stereocenters. The molecule has 0 aliphatic carbocycles. The van der Waals surface area contributed by atoms with E-state index in [1.165, 1.54) is 6.07 Å². The first-order valence-corrected chi connectivity index (χ1v) is 10.1. The Morgan fingerprint density at radius 2 is 1.90 bits per heavy atom. The van der Waals surface area contributed by atoms with Crippen LogP contribution in [0.4, 0.5) is 14.5 Å². The SMILES string of the molecule is CCNC(=NCC(O)c1cccc(OC)c1)N1CCN(c2cc(F)ccc2F)CC1.I. The number of hydrogen-bond acceptors (Lipinski definition) is 4. The van der Waals surface area contributed by atoms with Crippen LogP contribution in [0.15, 0.2) is 47.5 Å². The summed E-state index contributed by atoms with van der Waals surface area (Å²) in [6, 6.07) is 10.8. The molecule has 1 aliphatic rings. The highest BCUT2D eigenvalue weighted by atomic mass is 127. The Kier molecular flexibility index (Phi) is 9.76. The smallest absolute Gasteiger partial charge is 0.194 e. The van der Waals surface area contributed by atoms with Gasteiger partial charge >= 0.3 is 0 Å². The van der Waals surface area contributed by atoms with E-state index in [4.69, 9.17) is 4.74 Å². The molecule has 1 atom stereocenters. The molecule has 1 aliphatic heterocycles. The highest BCUT2D eigenvalue weighted by molar-refractivity contribution is 14.0. The number of rotatable bonds is 6. The minimum atomic E-state index is -0.753. The monoisotopic (exact) mass is 546 g/mol. The number of methoxy groups -OCH3 is 1. The summed E-state index contributed by atoms with van der Waals surface area (Å²) in [5.41, 5.74) is 1.02. The first-order valence-electron chi connectivity index (χ1n) is 10.1. The maximum atomic E-state index is 14.1. The van der Waals surface area contributed by atoms with Crippen molar-refractivity contribution in [3.05, 3.63) is 59.7 Å². The van der Waals surface area contributed by atoms with Gasteiger partial charge in [-0.25, -0.2) is 8.78 Å². The summed E-state index contributed by atoms with van der Waals surface area (Å²) in [6.07, 6.45) is -0.753. The van der Waals surface area contributed by atoms with Crippen molar-refractivity contribution in [2.45, 2.75) is 13.0 Å². The predicted molar refractivity (Wildman–Crippen MR) is 129 cm³/mol. The van der Waals surface area contributed by atoms with Gasteiger partial charge in [0.2, 0.25) is 0 Å². The van der Waals surface area contributed by atoms with Gasteiger partial charge < -0.3 is 25.0 Å². The van der Waals surface area contributed by atoms with Crippen LogP contribution in [0, 0.1) is 11.6 Å². The molecule has 0 radical (unpaired) electrons. The lowest BCUT2D eigenvalue weighted by Crippen LogP contribution is -2.52. The average molecular weight is 546 g/mol. The Bertz CT molecular complexity index is 876. The molecule has 170 valence electrons. The number of halogens is 3. The lowest BCUT2D eigenvalue weighted by Gasteiger charge is -2.37. The van der Waals surface area contributed by atoms with Crippen LogP contribution in [0.5, 0.6) is 5.75 Å². The van der Waals surface area contributed by atoms with Crippen molar-refractivity contribution in [3.8, 4) is 5.75 Å². The maximum absolute atomic E-state index is 14.1. The summed E-state index contributed by atoms with van der Waals surface area (Å²) in [6.45, 7) is 5.17. The van der Waals surface area contributed by atoms with Crippen molar-refractivity contribution in [1.82, 2.24) is 10.2 Å². The Morgan fingerprint density at radius 1 is 1.16 bits per heavy atom. The quantitative estimate of drug-likeness (QED) is 0.331. The molecule has 1 saturated heterocycles. The number of nitrogens with one attached hydrogen (secondary N) is 1. The van der Waals surface area contributed by atoms with Crippen LogP contribution in [-0.2, 0) is 0 Å². The molecule has 0 aromatic heterocycles. The van der Waals surface area contributed by atoms with E-state index in [1.54, 1.807) is 13.2 Å². The second-order valence-electron chi connectivity index (χ2n) is 7.06. The number of guanidine groups is 1. The number of aliphatic hydroxyl groups excluding tert-OH is 1. The summed E-state index contributed by atoms with van der Waals surface area (Å²) in [5.74, 6) is 0.504. The summed E-state index contributed by atoms with van der Waals surface area (Å²) in [5, 5.41) is 13.8. The number of anilines is 1. The second-order valence-corrected chi connectivity index (χ2v) is 7.06. The van der Waals surface area contributed by atoms with E-state index < -0.39 is 17.7 Å². The fourth-order valence-electron chi connectivity index (χ4n) is 3.44. The predicted octanol–water partition coefficient (Wildman–Crippen LogP) is 3.41. The van der Waals surface area contributed by atoms with Gasteiger partial charge in [0.05, 0.1) is 25.4 Å². The standard InChI is InChI=1S/C22H28F2N4O2.HI/c1-3-25-22(26-15-21(29)16-5-4-6-18(13-16)30-2)28-11-9-27(10-12-28)20-14-17(23)7-8-19(20)24;/h4-8,13-14,21,29H,3,9-12,15H2,1-2H3,(H,25,26);1H. The fraction of sp³-hybridized carbons (Fsp3) is 0.409. The number of aliphatic imine (C=N–C) groups is 1. The molecule has 6 nitrogen and oxygen atoms in total. The first kappa shape index (κ1) is 25.1. The van der Waals surface area contributed by atoms with Gasteiger partial charge in [-0.2, -0.15) is 0 Å². The Labute approximate surface area is 198 Å². The Hall–Kier alpha value is -2.14. The second kappa shape index (κ2) is 12.0. The van der Waals surface area contributed by atoms with Crippen molar-refractivity contribution in [1.29, 1.82) is 0 Å². The van der Waals surface area contributed by atoms with E-state index in [2.05, 4.69) is 15.2 Å². The Morgan fingerprint density at radius 3 is 2.58 bits per heavy atom. The molecule has 2 aromatic carbocycles. The molecule has 0 amide bonds. The summed E-state index contributed by atoms with van der Waals surface area (Å²) in [7, 11) is 1.59. The topological polar surface area (TPSA) is 60.3 Å². The van der Waals surface area contributed by atoms with Crippen LogP contribution < -0.4 is 15.0 Å². The fourth-order valence-corrected chi connectivity index (χ4v) is 3.44. The van der Waals surface area contributed by atoms with Crippen LogP contribution in [0.3, 0.4) is 0 Å². The van der Waals surface area contributed by atoms with E-state index in [0.29, 0.717) is 44.4 Å². The molecule has 0 spiro atoms. The number of ether oxygens (including phenoxy) is 1. The molecular formula is C22H29F2IN4O2. The van der Waals surface area contributed by atoms with Crippen LogP contribution in [-0.4, -0.2) is 62.3 Å². The minimum absolute atomic E-state index is 0. The third-order valence-corrected chi connectivity index (χ3v) is 5.06. The van der Waals surface area contributed by atoms with Gasteiger partial charge in [0.15, 0.2) is 5.96 Å². The van der Waals surface area contributed by atoms with Gasteiger partial charge in [0.25, 0.3) is 0 Å². The normalized spacial score (nSPS) is 15.3. The molecule has 0 bridgehead atoms. The van der Waals surface area contributed by atoms with E-state index in [0.717, 1.165) is 17.7 Å². The summed E-state index contributed by atoms with van der Waals surface area (Å²) in [4.78, 5) is 8.49. The van der Waals surface area contributed by atoms with Crippen LogP contribution in [0.1, 0.15) is 18.6 Å². The molecule has 31 heavy (non-hydrogen) atoms. The van der Waals surface area contributed by atoms with Gasteiger partial charge in [0, 0.05) is 38.8 Å². The van der Waals surface area contributed by atoms with Crippen molar-refractivity contribution in [2.75, 3.05) is 51.3 Å². The number of piperazine rings is 1. The van der Waals surface area contributed by atoms with Gasteiger partial charge in [-0.05, 0) is 36.8 Å². The molecule has 3 rings (SSSR count). The van der Waals surface area contributed by atoms with Gasteiger partial charge in [-0.3, -0.25) is 4.99 Å². The van der Waals surface area contributed by atoms with E-state index in [-0.39, 0.29) is 36.2 Å². The van der Waals surface area contributed by atoms with Crippen molar-refractivity contribution >= 4 is 35.6 Å². The zero-order chi connectivity index (χ0) is 21.5. The van der Waals surface area contributed by atoms with Crippen LogP contribution in [0.2, 0.25) is 0 Å². The number of aliphatic hydroxyl groups is 1. The van der Waals surface area contributed by atoms with Crippen molar-refractivity contribution in [2.24, 2.45) is 4.99 Å². The molecule has 2 N–H and O–H groups in total. The molecular weight excluding hydrogens is 517 g/mol. The van der Waals surface area contributed by atoms with Crippen molar-refractivity contribution < 1.29 is 18.6 Å². The number of hydrogen-bond donors (Lipinski definition) is 2.